The molecule has 1 aromatic carbocycles. The van der Waals surface area contributed by atoms with Gasteiger partial charge in [0.05, 0.1) is 17.1 Å². The number of halogens is 1. The zero-order chi connectivity index (χ0) is 18.6. The lowest BCUT2D eigenvalue weighted by atomic mass is 9.80. The number of hydrogen-bond acceptors (Lipinski definition) is 4. The van der Waals surface area contributed by atoms with Crippen LogP contribution in [-0.4, -0.2) is 42.8 Å². The van der Waals surface area contributed by atoms with Gasteiger partial charge in [0, 0.05) is 24.8 Å². The Labute approximate surface area is 157 Å². The predicted octanol–water partition coefficient (Wildman–Crippen LogP) is 3.27. The Balaban J connectivity index is 1.72. The molecule has 1 aromatic rings. The molecule has 1 heterocycles. The lowest BCUT2D eigenvalue weighted by Gasteiger charge is -2.33. The maximum atomic E-state index is 12.7. The molecule has 0 atom stereocenters. The smallest absolute Gasteiger partial charge is 0.311 e. The summed E-state index contributed by atoms with van der Waals surface area (Å²) in [6.45, 7) is 0.824. The summed E-state index contributed by atoms with van der Waals surface area (Å²) in [4.78, 5) is 24.4. The van der Waals surface area contributed by atoms with E-state index < -0.39 is 11.4 Å². The van der Waals surface area contributed by atoms with Gasteiger partial charge < -0.3 is 19.9 Å². The number of nitrogens with one attached hydrogen (secondary N) is 1. The number of aliphatic carboxylic acids is 1. The Hall–Kier alpha value is -1.79. The van der Waals surface area contributed by atoms with Gasteiger partial charge in [0.1, 0.15) is 5.75 Å². The molecule has 0 spiro atoms. The summed E-state index contributed by atoms with van der Waals surface area (Å²) in [5, 5.41) is 12.8. The van der Waals surface area contributed by atoms with Gasteiger partial charge in [0.2, 0.25) is 0 Å². The van der Waals surface area contributed by atoms with Crippen molar-refractivity contribution in [3.8, 4) is 5.75 Å². The number of carboxylic acids is 1. The van der Waals surface area contributed by atoms with Gasteiger partial charge >= 0.3 is 5.97 Å². The van der Waals surface area contributed by atoms with Crippen LogP contribution in [0.4, 0.5) is 0 Å². The SMILES string of the molecule is O=C(NCC1(C(=O)O)CCOCC1)c1cc(Cl)ccc1OC1CCCC1. The molecule has 2 fully saturated rings. The lowest BCUT2D eigenvalue weighted by Crippen LogP contribution is -2.46. The Morgan fingerprint density at radius 1 is 1.27 bits per heavy atom. The lowest BCUT2D eigenvalue weighted by molar-refractivity contribution is -0.154. The minimum atomic E-state index is -0.987. The molecule has 1 aliphatic heterocycles. The average molecular weight is 382 g/mol. The van der Waals surface area contributed by atoms with E-state index >= 15 is 0 Å². The molecule has 0 aromatic heterocycles. The molecule has 2 aliphatic rings. The number of carboxylic acid groups (broad SMARTS) is 1. The molecule has 6 nitrogen and oxygen atoms in total. The van der Waals surface area contributed by atoms with Crippen molar-refractivity contribution in [3.05, 3.63) is 28.8 Å². The van der Waals surface area contributed by atoms with Crippen molar-refractivity contribution in [3.63, 3.8) is 0 Å². The van der Waals surface area contributed by atoms with Gasteiger partial charge in [-0.05, 0) is 56.7 Å². The highest BCUT2D eigenvalue weighted by molar-refractivity contribution is 6.31. The van der Waals surface area contributed by atoms with Gasteiger partial charge in [-0.1, -0.05) is 11.6 Å². The molecule has 0 radical (unpaired) electrons. The predicted molar refractivity (Wildman–Crippen MR) is 96.8 cm³/mol. The van der Waals surface area contributed by atoms with Gasteiger partial charge in [0.25, 0.3) is 5.91 Å². The number of benzene rings is 1. The summed E-state index contributed by atoms with van der Waals surface area (Å²) >= 11 is 6.06. The summed E-state index contributed by atoms with van der Waals surface area (Å²) in [6, 6.07) is 4.97. The van der Waals surface area contributed by atoms with Gasteiger partial charge in [-0.2, -0.15) is 0 Å². The van der Waals surface area contributed by atoms with Gasteiger partial charge in [-0.3, -0.25) is 9.59 Å². The fourth-order valence-electron chi connectivity index (χ4n) is 3.54. The second kappa shape index (κ2) is 8.27. The molecule has 1 aliphatic carbocycles. The van der Waals surface area contributed by atoms with Gasteiger partial charge in [0.15, 0.2) is 0 Å². The molecular formula is C19H24ClNO5. The van der Waals surface area contributed by atoms with Crippen molar-refractivity contribution < 1.29 is 24.2 Å². The van der Waals surface area contributed by atoms with E-state index in [1.165, 1.54) is 0 Å². The van der Waals surface area contributed by atoms with Crippen LogP contribution in [0.5, 0.6) is 5.75 Å². The van der Waals surface area contributed by atoms with Crippen LogP contribution in [0, 0.1) is 5.41 Å². The third-order valence-corrected chi connectivity index (χ3v) is 5.51. The largest absolute Gasteiger partial charge is 0.490 e. The van der Waals surface area contributed by atoms with Crippen molar-refractivity contribution >= 4 is 23.5 Å². The van der Waals surface area contributed by atoms with Crippen LogP contribution in [0.25, 0.3) is 0 Å². The molecular weight excluding hydrogens is 358 g/mol. The van der Waals surface area contributed by atoms with E-state index in [2.05, 4.69) is 5.32 Å². The molecule has 26 heavy (non-hydrogen) atoms. The van der Waals surface area contributed by atoms with Gasteiger partial charge in [-0.25, -0.2) is 0 Å². The van der Waals surface area contributed by atoms with Gasteiger partial charge in [-0.15, -0.1) is 0 Å². The van der Waals surface area contributed by atoms with Crippen molar-refractivity contribution in [2.24, 2.45) is 5.41 Å². The fraction of sp³-hybridized carbons (Fsp3) is 0.579. The van der Waals surface area contributed by atoms with E-state index in [9.17, 15) is 14.7 Å². The molecule has 2 N–H and O–H groups in total. The minimum Gasteiger partial charge on any atom is -0.490 e. The molecule has 7 heteroatoms. The molecule has 1 saturated heterocycles. The van der Waals surface area contributed by atoms with Crippen LogP contribution in [0.3, 0.4) is 0 Å². The summed E-state index contributed by atoms with van der Waals surface area (Å²) < 4.78 is 11.3. The molecule has 0 bridgehead atoms. The van der Waals surface area contributed by atoms with E-state index in [-0.39, 0.29) is 18.6 Å². The zero-order valence-corrected chi connectivity index (χ0v) is 15.4. The number of ether oxygens (including phenoxy) is 2. The highest BCUT2D eigenvalue weighted by atomic mass is 35.5. The van der Waals surface area contributed by atoms with E-state index in [1.807, 2.05) is 0 Å². The van der Waals surface area contributed by atoms with Crippen LogP contribution in [0.1, 0.15) is 48.9 Å². The standard InChI is InChI=1S/C19H24ClNO5/c20-13-5-6-16(26-14-3-1-2-4-14)15(11-13)17(22)21-12-19(18(23)24)7-9-25-10-8-19/h5-6,11,14H,1-4,7-10,12H2,(H,21,22)(H,23,24). The van der Waals surface area contributed by atoms with Crippen LogP contribution in [0.2, 0.25) is 5.02 Å². The first kappa shape index (κ1) is 19.0. The molecule has 142 valence electrons. The molecule has 3 rings (SSSR count). The first-order chi connectivity index (χ1) is 12.5. The summed E-state index contributed by atoms with van der Waals surface area (Å²) in [5.41, 5.74) is -0.643. The van der Waals surface area contributed by atoms with E-state index in [1.54, 1.807) is 18.2 Å². The third-order valence-electron chi connectivity index (χ3n) is 5.27. The van der Waals surface area contributed by atoms with Crippen molar-refractivity contribution in [1.29, 1.82) is 0 Å². The third kappa shape index (κ3) is 4.30. The number of carbonyl (C=O) groups excluding carboxylic acids is 1. The first-order valence-corrected chi connectivity index (χ1v) is 9.43. The van der Waals surface area contributed by atoms with Crippen LogP contribution in [-0.2, 0) is 9.53 Å². The number of rotatable bonds is 6. The Morgan fingerprint density at radius 2 is 1.96 bits per heavy atom. The second-order valence-corrected chi connectivity index (χ2v) is 7.48. The number of hydrogen-bond donors (Lipinski definition) is 2. The van der Waals surface area contributed by atoms with Crippen LogP contribution >= 0.6 is 11.6 Å². The van der Waals surface area contributed by atoms with E-state index in [4.69, 9.17) is 21.1 Å². The van der Waals surface area contributed by atoms with Crippen molar-refractivity contribution in [1.82, 2.24) is 5.32 Å². The average Bonchev–Trinajstić information content (AvgIpc) is 3.15. The summed E-state index contributed by atoms with van der Waals surface area (Å²) in [7, 11) is 0. The maximum absolute atomic E-state index is 12.7. The maximum Gasteiger partial charge on any atom is 0.311 e. The molecule has 1 amide bonds. The van der Waals surface area contributed by atoms with Crippen molar-refractivity contribution in [2.45, 2.75) is 44.6 Å². The first-order valence-electron chi connectivity index (χ1n) is 9.06. The van der Waals surface area contributed by atoms with Crippen LogP contribution in [0.15, 0.2) is 18.2 Å². The Morgan fingerprint density at radius 3 is 2.62 bits per heavy atom. The number of amides is 1. The monoisotopic (exact) mass is 381 g/mol. The topological polar surface area (TPSA) is 84.9 Å². The van der Waals surface area contributed by atoms with Crippen molar-refractivity contribution in [2.75, 3.05) is 19.8 Å². The highest BCUT2D eigenvalue weighted by Crippen LogP contribution is 2.31. The Kier molecular flexibility index (Phi) is 6.04. The number of carbonyl (C=O) groups is 2. The molecule has 0 unspecified atom stereocenters. The molecule has 1 saturated carbocycles. The van der Waals surface area contributed by atoms with Crippen LogP contribution < -0.4 is 10.1 Å². The Bertz CT molecular complexity index is 666. The second-order valence-electron chi connectivity index (χ2n) is 7.05. The highest BCUT2D eigenvalue weighted by Gasteiger charge is 2.40. The fourth-order valence-corrected chi connectivity index (χ4v) is 3.71. The summed E-state index contributed by atoms with van der Waals surface area (Å²) in [5.74, 6) is -0.780. The minimum absolute atomic E-state index is 0.0555. The van der Waals surface area contributed by atoms with E-state index in [0.717, 1.165) is 25.7 Å². The summed E-state index contributed by atoms with van der Waals surface area (Å²) in [6.07, 6.45) is 5.08. The quantitative estimate of drug-likeness (QED) is 0.789. The van der Waals surface area contributed by atoms with E-state index in [0.29, 0.717) is 42.4 Å². The normalized spacial score (nSPS) is 19.9. The zero-order valence-electron chi connectivity index (χ0n) is 14.6.